The van der Waals surface area contributed by atoms with Gasteiger partial charge in [0.25, 0.3) is 0 Å². The Balaban J connectivity index is 1.33. The van der Waals surface area contributed by atoms with Crippen LogP contribution in [0.4, 0.5) is 19.0 Å². The van der Waals surface area contributed by atoms with E-state index in [4.69, 9.17) is 0 Å². The second-order valence-electron chi connectivity index (χ2n) is 8.74. The Bertz CT molecular complexity index is 907. The van der Waals surface area contributed by atoms with Gasteiger partial charge in [-0.05, 0) is 29.5 Å². The van der Waals surface area contributed by atoms with Crippen LogP contribution in [0, 0.1) is 11.8 Å². The van der Waals surface area contributed by atoms with Gasteiger partial charge < -0.3 is 4.90 Å². The SMILES string of the molecule is CCC(=O)N(CCN1CC2CN(Cc3ccccc3)CC2C1)c1cccc(C(F)(F)F)n1. The molecule has 2 fully saturated rings. The summed E-state index contributed by atoms with van der Waals surface area (Å²) >= 11 is 0. The maximum Gasteiger partial charge on any atom is 0.433 e. The Labute approximate surface area is 186 Å². The predicted molar refractivity (Wildman–Crippen MR) is 117 cm³/mol. The van der Waals surface area contributed by atoms with Crippen molar-refractivity contribution in [2.45, 2.75) is 26.1 Å². The maximum atomic E-state index is 13.1. The van der Waals surface area contributed by atoms with E-state index in [0.29, 0.717) is 24.9 Å². The molecule has 0 N–H and O–H groups in total. The first-order chi connectivity index (χ1) is 15.3. The molecule has 0 aliphatic carbocycles. The van der Waals surface area contributed by atoms with Crippen LogP contribution < -0.4 is 4.90 Å². The van der Waals surface area contributed by atoms with E-state index in [2.05, 4.69) is 39.0 Å². The zero-order valence-corrected chi connectivity index (χ0v) is 18.3. The lowest BCUT2D eigenvalue weighted by Gasteiger charge is -2.26. The Morgan fingerprint density at radius 3 is 2.28 bits per heavy atom. The minimum absolute atomic E-state index is 0.0695. The zero-order chi connectivity index (χ0) is 22.7. The summed E-state index contributed by atoms with van der Waals surface area (Å²) in [5, 5.41) is 0. The van der Waals surface area contributed by atoms with Crippen LogP contribution in [0.2, 0.25) is 0 Å². The van der Waals surface area contributed by atoms with E-state index in [1.807, 2.05) is 6.07 Å². The Hall–Kier alpha value is -2.45. The highest BCUT2D eigenvalue weighted by Gasteiger charge is 2.40. The van der Waals surface area contributed by atoms with Crippen LogP contribution in [-0.2, 0) is 17.5 Å². The Morgan fingerprint density at radius 2 is 1.66 bits per heavy atom. The molecule has 2 aliphatic heterocycles. The van der Waals surface area contributed by atoms with Gasteiger partial charge in [0.1, 0.15) is 11.5 Å². The molecule has 1 aromatic heterocycles. The number of halogens is 3. The molecule has 0 saturated carbocycles. The third-order valence-corrected chi connectivity index (χ3v) is 6.43. The van der Waals surface area contributed by atoms with E-state index in [1.54, 1.807) is 6.92 Å². The highest BCUT2D eigenvalue weighted by Crippen LogP contribution is 2.32. The molecule has 2 saturated heterocycles. The van der Waals surface area contributed by atoms with Crippen LogP contribution in [0.3, 0.4) is 0 Å². The molecule has 0 radical (unpaired) electrons. The van der Waals surface area contributed by atoms with Crippen molar-refractivity contribution in [2.75, 3.05) is 44.2 Å². The van der Waals surface area contributed by atoms with Gasteiger partial charge in [0.15, 0.2) is 0 Å². The van der Waals surface area contributed by atoms with Gasteiger partial charge in [-0.3, -0.25) is 14.6 Å². The predicted octanol–water partition coefficient (Wildman–Crippen LogP) is 3.91. The van der Waals surface area contributed by atoms with Crippen molar-refractivity contribution in [1.82, 2.24) is 14.8 Å². The molecule has 5 nitrogen and oxygen atoms in total. The molecular weight excluding hydrogens is 417 g/mol. The van der Waals surface area contributed by atoms with Crippen LogP contribution in [0.1, 0.15) is 24.6 Å². The van der Waals surface area contributed by atoms with Crippen molar-refractivity contribution in [3.05, 3.63) is 59.8 Å². The van der Waals surface area contributed by atoms with Gasteiger partial charge in [0.05, 0.1) is 0 Å². The highest BCUT2D eigenvalue weighted by molar-refractivity contribution is 5.92. The number of anilines is 1. The van der Waals surface area contributed by atoms with Crippen LogP contribution in [-0.4, -0.2) is 60.0 Å². The molecule has 4 rings (SSSR count). The van der Waals surface area contributed by atoms with Crippen LogP contribution in [0.5, 0.6) is 0 Å². The number of alkyl halides is 3. The maximum absolute atomic E-state index is 13.1. The summed E-state index contributed by atoms with van der Waals surface area (Å²) in [6.45, 7) is 7.69. The van der Waals surface area contributed by atoms with Crippen molar-refractivity contribution in [2.24, 2.45) is 11.8 Å². The number of aromatic nitrogens is 1. The number of amides is 1. The zero-order valence-electron chi connectivity index (χ0n) is 18.3. The first-order valence-electron chi connectivity index (χ1n) is 11.2. The summed E-state index contributed by atoms with van der Waals surface area (Å²) in [5.41, 5.74) is 0.352. The first kappa shape index (κ1) is 22.7. The van der Waals surface area contributed by atoms with Gasteiger partial charge in [0.2, 0.25) is 5.91 Å². The number of benzene rings is 1. The summed E-state index contributed by atoms with van der Waals surface area (Å²) in [7, 11) is 0. The molecule has 2 aliphatic rings. The number of fused-ring (bicyclic) bond motifs is 1. The topological polar surface area (TPSA) is 39.7 Å². The average Bonchev–Trinajstić information content (AvgIpc) is 3.32. The Morgan fingerprint density at radius 1 is 1.00 bits per heavy atom. The molecule has 0 spiro atoms. The number of carbonyl (C=O) groups is 1. The minimum atomic E-state index is -4.53. The van der Waals surface area contributed by atoms with Gasteiger partial charge in [-0.1, -0.05) is 43.3 Å². The van der Waals surface area contributed by atoms with Crippen molar-refractivity contribution in [3.8, 4) is 0 Å². The van der Waals surface area contributed by atoms with Gasteiger partial charge in [0, 0.05) is 52.2 Å². The average molecular weight is 447 g/mol. The van der Waals surface area contributed by atoms with E-state index in [0.717, 1.165) is 38.8 Å². The van der Waals surface area contributed by atoms with E-state index in [9.17, 15) is 18.0 Å². The van der Waals surface area contributed by atoms with Crippen LogP contribution in [0.25, 0.3) is 0 Å². The number of nitrogens with zero attached hydrogens (tertiary/aromatic N) is 4. The first-order valence-corrected chi connectivity index (χ1v) is 11.2. The fraction of sp³-hybridized carbons (Fsp3) is 0.500. The quantitative estimate of drug-likeness (QED) is 0.647. The fourth-order valence-corrected chi connectivity index (χ4v) is 4.87. The fourth-order valence-electron chi connectivity index (χ4n) is 4.87. The molecule has 2 unspecified atom stereocenters. The normalized spacial score (nSPS) is 21.6. The summed E-state index contributed by atoms with van der Waals surface area (Å²) in [6, 6.07) is 14.2. The number of pyridine rings is 1. The summed E-state index contributed by atoms with van der Waals surface area (Å²) < 4.78 is 39.2. The molecular formula is C24H29F3N4O. The number of hydrogen-bond acceptors (Lipinski definition) is 4. The minimum Gasteiger partial charge on any atom is -0.301 e. The highest BCUT2D eigenvalue weighted by atomic mass is 19.4. The Kier molecular flexibility index (Phi) is 6.81. The van der Waals surface area contributed by atoms with Crippen LogP contribution in [0.15, 0.2) is 48.5 Å². The second kappa shape index (κ2) is 9.58. The smallest absolute Gasteiger partial charge is 0.301 e. The number of carbonyl (C=O) groups excluding carboxylic acids is 1. The monoisotopic (exact) mass is 446 g/mol. The standard InChI is InChI=1S/C24H29F3N4O/c1-2-23(32)31(22-10-6-9-21(28-22)24(25,26)27)12-11-29-14-19-16-30(17-20(19)15-29)13-18-7-4-3-5-8-18/h3-10,19-20H,2,11-17H2,1H3. The lowest BCUT2D eigenvalue weighted by Crippen LogP contribution is -2.39. The molecule has 172 valence electrons. The van der Waals surface area contributed by atoms with Gasteiger partial charge in [-0.15, -0.1) is 0 Å². The summed E-state index contributed by atoms with van der Waals surface area (Å²) in [6.07, 6.45) is -4.31. The number of rotatable bonds is 7. The third-order valence-electron chi connectivity index (χ3n) is 6.43. The van der Waals surface area contributed by atoms with E-state index >= 15 is 0 Å². The number of hydrogen-bond donors (Lipinski definition) is 0. The van der Waals surface area contributed by atoms with Gasteiger partial charge >= 0.3 is 6.18 Å². The second-order valence-corrected chi connectivity index (χ2v) is 8.74. The number of likely N-dealkylation sites (tertiary alicyclic amines) is 2. The van der Waals surface area contributed by atoms with Gasteiger partial charge in [-0.2, -0.15) is 13.2 Å². The van der Waals surface area contributed by atoms with Crippen LogP contribution >= 0.6 is 0 Å². The van der Waals surface area contributed by atoms with Gasteiger partial charge in [-0.25, -0.2) is 4.98 Å². The molecule has 8 heteroatoms. The lowest BCUT2D eigenvalue weighted by molar-refractivity contribution is -0.141. The third kappa shape index (κ3) is 5.30. The van der Waals surface area contributed by atoms with E-state index < -0.39 is 11.9 Å². The molecule has 1 aromatic carbocycles. The van der Waals surface area contributed by atoms with Crippen molar-refractivity contribution < 1.29 is 18.0 Å². The lowest BCUT2D eigenvalue weighted by atomic mass is 10.0. The molecule has 2 atom stereocenters. The summed E-state index contributed by atoms with van der Waals surface area (Å²) in [5.74, 6) is 1.05. The van der Waals surface area contributed by atoms with Crippen molar-refractivity contribution in [1.29, 1.82) is 0 Å². The van der Waals surface area contributed by atoms with E-state index in [1.165, 1.54) is 22.6 Å². The van der Waals surface area contributed by atoms with E-state index in [-0.39, 0.29) is 18.1 Å². The largest absolute Gasteiger partial charge is 0.433 e. The summed E-state index contributed by atoms with van der Waals surface area (Å²) in [4.78, 5) is 22.4. The molecule has 3 heterocycles. The molecule has 2 aromatic rings. The van der Waals surface area contributed by atoms with Crippen molar-refractivity contribution in [3.63, 3.8) is 0 Å². The van der Waals surface area contributed by atoms with Crippen molar-refractivity contribution >= 4 is 11.7 Å². The molecule has 0 bridgehead atoms. The molecule has 32 heavy (non-hydrogen) atoms. The molecule has 1 amide bonds.